The van der Waals surface area contributed by atoms with Crippen LogP contribution in [0.5, 0.6) is 0 Å². The number of carbonyl (C=O) groups excluding carboxylic acids is 1. The van der Waals surface area contributed by atoms with Crippen LogP contribution < -0.4 is 4.90 Å². The standard InChI is InChI=1S/C24H27N3O2/c1-15-6-11-20(16(2)12-15)27-14-18(13-21(27)28)22-25-23(29-26-22)17-7-9-19(10-8-17)24(3,4)5/h6-12,18H,13-14H2,1-5H3. The van der Waals surface area contributed by atoms with E-state index >= 15 is 0 Å². The van der Waals surface area contributed by atoms with Gasteiger partial charge in [-0.2, -0.15) is 4.98 Å². The molecule has 3 aromatic rings. The molecule has 29 heavy (non-hydrogen) atoms. The topological polar surface area (TPSA) is 59.2 Å². The summed E-state index contributed by atoms with van der Waals surface area (Å²) in [5.41, 5.74) is 5.50. The van der Waals surface area contributed by atoms with Crippen molar-refractivity contribution in [1.82, 2.24) is 10.1 Å². The van der Waals surface area contributed by atoms with Gasteiger partial charge in [0.2, 0.25) is 5.91 Å². The number of hydrogen-bond donors (Lipinski definition) is 0. The van der Waals surface area contributed by atoms with Crippen molar-refractivity contribution in [2.45, 2.75) is 52.4 Å². The molecule has 1 aliphatic rings. The summed E-state index contributed by atoms with van der Waals surface area (Å²) in [7, 11) is 0. The first-order valence-electron chi connectivity index (χ1n) is 10.0. The Morgan fingerprint density at radius 1 is 1.07 bits per heavy atom. The summed E-state index contributed by atoms with van der Waals surface area (Å²) in [5, 5.41) is 4.18. The summed E-state index contributed by atoms with van der Waals surface area (Å²) in [5.74, 6) is 1.13. The molecule has 1 amide bonds. The lowest BCUT2D eigenvalue weighted by Crippen LogP contribution is -2.25. The Hall–Kier alpha value is -2.95. The van der Waals surface area contributed by atoms with Crippen molar-refractivity contribution in [2.75, 3.05) is 11.4 Å². The first kappa shape index (κ1) is 19.4. The average molecular weight is 389 g/mol. The SMILES string of the molecule is Cc1ccc(N2CC(c3noc(-c4ccc(C(C)(C)C)cc4)n3)CC2=O)c(C)c1. The second-order valence-electron chi connectivity index (χ2n) is 8.98. The lowest BCUT2D eigenvalue weighted by atomic mass is 9.87. The molecular weight excluding hydrogens is 362 g/mol. The number of hydrogen-bond acceptors (Lipinski definition) is 4. The van der Waals surface area contributed by atoms with Crippen molar-refractivity contribution >= 4 is 11.6 Å². The fourth-order valence-electron chi connectivity index (χ4n) is 3.85. The third-order valence-corrected chi connectivity index (χ3v) is 5.57. The summed E-state index contributed by atoms with van der Waals surface area (Å²) in [6.45, 7) is 11.2. The van der Waals surface area contributed by atoms with Gasteiger partial charge in [-0.15, -0.1) is 0 Å². The van der Waals surface area contributed by atoms with Gasteiger partial charge in [0.25, 0.3) is 5.89 Å². The highest BCUT2D eigenvalue weighted by Gasteiger charge is 2.35. The molecule has 1 unspecified atom stereocenters. The average Bonchev–Trinajstić information content (AvgIpc) is 3.28. The number of aromatic nitrogens is 2. The van der Waals surface area contributed by atoms with Crippen LogP contribution in [0.15, 0.2) is 47.0 Å². The van der Waals surface area contributed by atoms with Crippen molar-refractivity contribution in [1.29, 1.82) is 0 Å². The predicted molar refractivity (Wildman–Crippen MR) is 114 cm³/mol. The molecule has 0 N–H and O–H groups in total. The minimum Gasteiger partial charge on any atom is -0.334 e. The first-order chi connectivity index (χ1) is 13.7. The van der Waals surface area contributed by atoms with E-state index in [-0.39, 0.29) is 17.2 Å². The second-order valence-corrected chi connectivity index (χ2v) is 8.98. The number of benzene rings is 2. The fourth-order valence-corrected chi connectivity index (χ4v) is 3.85. The summed E-state index contributed by atoms with van der Waals surface area (Å²) < 4.78 is 5.51. The molecule has 1 fully saturated rings. The highest BCUT2D eigenvalue weighted by molar-refractivity contribution is 5.97. The molecule has 1 aromatic heterocycles. The highest BCUT2D eigenvalue weighted by atomic mass is 16.5. The maximum absolute atomic E-state index is 12.6. The molecule has 4 rings (SSSR count). The number of amides is 1. The molecule has 2 heterocycles. The highest BCUT2D eigenvalue weighted by Crippen LogP contribution is 2.33. The van der Waals surface area contributed by atoms with Crippen molar-refractivity contribution < 1.29 is 9.32 Å². The lowest BCUT2D eigenvalue weighted by Gasteiger charge is -2.19. The van der Waals surface area contributed by atoms with E-state index in [2.05, 4.69) is 56.0 Å². The van der Waals surface area contributed by atoms with Crippen LogP contribution >= 0.6 is 0 Å². The van der Waals surface area contributed by atoms with E-state index < -0.39 is 0 Å². The smallest absolute Gasteiger partial charge is 0.257 e. The largest absolute Gasteiger partial charge is 0.334 e. The molecular formula is C24H27N3O2. The van der Waals surface area contributed by atoms with E-state index in [0.29, 0.717) is 24.7 Å². The zero-order valence-electron chi connectivity index (χ0n) is 17.7. The molecule has 2 aromatic carbocycles. The summed E-state index contributed by atoms with van der Waals surface area (Å²) in [6.07, 6.45) is 0.398. The molecule has 1 atom stereocenters. The Kier molecular flexibility index (Phi) is 4.77. The van der Waals surface area contributed by atoms with Crippen LogP contribution in [0.25, 0.3) is 11.5 Å². The predicted octanol–water partition coefficient (Wildman–Crippen LogP) is 5.17. The normalized spacial score (nSPS) is 17.2. The molecule has 1 saturated heterocycles. The molecule has 0 aliphatic carbocycles. The zero-order chi connectivity index (χ0) is 20.8. The van der Waals surface area contributed by atoms with Gasteiger partial charge in [-0.1, -0.05) is 55.8 Å². The van der Waals surface area contributed by atoms with Crippen LogP contribution in [-0.2, 0) is 10.2 Å². The monoisotopic (exact) mass is 389 g/mol. The molecule has 0 bridgehead atoms. The number of carbonyl (C=O) groups is 1. The van der Waals surface area contributed by atoms with E-state index in [4.69, 9.17) is 4.52 Å². The summed E-state index contributed by atoms with van der Waals surface area (Å²) in [6, 6.07) is 14.4. The van der Waals surface area contributed by atoms with Crippen molar-refractivity contribution in [3.63, 3.8) is 0 Å². The maximum Gasteiger partial charge on any atom is 0.257 e. The molecule has 0 spiro atoms. The van der Waals surface area contributed by atoms with E-state index in [9.17, 15) is 4.79 Å². The summed E-state index contributed by atoms with van der Waals surface area (Å²) in [4.78, 5) is 19.1. The fraction of sp³-hybridized carbons (Fsp3) is 0.375. The molecule has 1 aliphatic heterocycles. The van der Waals surface area contributed by atoms with Gasteiger partial charge in [0, 0.05) is 30.1 Å². The van der Waals surface area contributed by atoms with Crippen LogP contribution in [0.3, 0.4) is 0 Å². The Morgan fingerprint density at radius 3 is 2.45 bits per heavy atom. The molecule has 5 heteroatoms. The van der Waals surface area contributed by atoms with Gasteiger partial charge in [0.05, 0.1) is 0 Å². The van der Waals surface area contributed by atoms with E-state index in [0.717, 1.165) is 16.8 Å². The van der Waals surface area contributed by atoms with Gasteiger partial charge in [-0.3, -0.25) is 4.79 Å². The Labute approximate surface area is 171 Å². The van der Waals surface area contributed by atoms with E-state index in [1.807, 2.05) is 36.1 Å². The Bertz CT molecular complexity index is 1040. The maximum atomic E-state index is 12.6. The van der Waals surface area contributed by atoms with Gasteiger partial charge < -0.3 is 9.42 Å². The van der Waals surface area contributed by atoms with Gasteiger partial charge in [0.1, 0.15) is 0 Å². The third kappa shape index (κ3) is 3.82. The third-order valence-electron chi connectivity index (χ3n) is 5.57. The van der Waals surface area contributed by atoms with E-state index in [1.54, 1.807) is 0 Å². The van der Waals surface area contributed by atoms with Gasteiger partial charge in [-0.25, -0.2) is 0 Å². The Morgan fingerprint density at radius 2 is 1.79 bits per heavy atom. The number of anilines is 1. The van der Waals surface area contributed by atoms with Crippen molar-refractivity contribution in [3.05, 3.63) is 65.0 Å². The van der Waals surface area contributed by atoms with Crippen LogP contribution in [0, 0.1) is 13.8 Å². The van der Waals surface area contributed by atoms with Crippen LogP contribution in [0.2, 0.25) is 0 Å². The molecule has 5 nitrogen and oxygen atoms in total. The van der Waals surface area contributed by atoms with Crippen molar-refractivity contribution in [3.8, 4) is 11.5 Å². The van der Waals surface area contributed by atoms with Gasteiger partial charge >= 0.3 is 0 Å². The first-order valence-corrected chi connectivity index (χ1v) is 10.0. The second kappa shape index (κ2) is 7.14. The number of nitrogens with zero attached hydrogens (tertiary/aromatic N) is 3. The molecule has 150 valence electrons. The quantitative estimate of drug-likeness (QED) is 0.620. The van der Waals surface area contributed by atoms with Crippen LogP contribution in [-0.4, -0.2) is 22.6 Å². The molecule has 0 radical (unpaired) electrons. The zero-order valence-corrected chi connectivity index (χ0v) is 17.7. The van der Waals surface area contributed by atoms with Crippen molar-refractivity contribution in [2.24, 2.45) is 0 Å². The minimum atomic E-state index is -0.0606. The Balaban J connectivity index is 1.53. The summed E-state index contributed by atoms with van der Waals surface area (Å²) >= 11 is 0. The van der Waals surface area contributed by atoms with E-state index in [1.165, 1.54) is 11.1 Å². The molecule has 0 saturated carbocycles. The number of rotatable bonds is 3. The van der Waals surface area contributed by atoms with Crippen LogP contribution in [0.4, 0.5) is 5.69 Å². The minimum absolute atomic E-state index is 0.0606. The number of aryl methyl sites for hydroxylation is 2. The van der Waals surface area contributed by atoms with Crippen LogP contribution in [0.1, 0.15) is 55.6 Å². The van der Waals surface area contributed by atoms with Gasteiger partial charge in [-0.05, 0) is 48.6 Å². The lowest BCUT2D eigenvalue weighted by molar-refractivity contribution is -0.117. The van der Waals surface area contributed by atoms with Gasteiger partial charge in [0.15, 0.2) is 5.82 Å².